The van der Waals surface area contributed by atoms with Gasteiger partial charge in [-0.05, 0) is 36.5 Å². The molecule has 9 nitrogen and oxygen atoms in total. The molecule has 6 rings (SSSR count). The Morgan fingerprint density at radius 2 is 1.89 bits per heavy atom. The van der Waals surface area contributed by atoms with Crippen LogP contribution in [0.25, 0.3) is 29.6 Å². The number of nitrogens with zero attached hydrogens (tertiary/aromatic N) is 6. The first-order valence-electron chi connectivity index (χ1n) is 12.4. The van der Waals surface area contributed by atoms with Gasteiger partial charge in [-0.25, -0.2) is 4.68 Å². The summed E-state index contributed by atoms with van der Waals surface area (Å²) >= 11 is 0. The maximum atomic E-state index is 13.5. The number of hydrogen-bond donors (Lipinski definition) is 1. The topological polar surface area (TPSA) is 82.1 Å². The summed E-state index contributed by atoms with van der Waals surface area (Å²) in [4.78, 5) is 15.5. The second kappa shape index (κ2) is 9.25. The van der Waals surface area contributed by atoms with Crippen molar-refractivity contribution in [1.82, 2.24) is 24.1 Å². The van der Waals surface area contributed by atoms with Crippen LogP contribution in [-0.2, 0) is 31.9 Å². The molecule has 1 aliphatic heterocycles. The molecule has 0 spiro atoms. The third kappa shape index (κ3) is 4.07. The third-order valence-electron chi connectivity index (χ3n) is 6.88. The average molecular weight is 496 g/mol. The first kappa shape index (κ1) is 23.1. The molecule has 0 saturated heterocycles. The molecule has 0 unspecified atom stereocenters. The average Bonchev–Trinajstić information content (AvgIpc) is 3.46. The van der Waals surface area contributed by atoms with Crippen LogP contribution in [0.15, 0.2) is 53.5 Å². The lowest BCUT2D eigenvalue weighted by Gasteiger charge is -2.23. The van der Waals surface area contributed by atoms with Crippen molar-refractivity contribution < 1.29 is 4.74 Å². The van der Waals surface area contributed by atoms with Crippen LogP contribution in [-0.4, -0.2) is 31.2 Å². The maximum absolute atomic E-state index is 13.5. The molecule has 37 heavy (non-hydrogen) atoms. The Morgan fingerprint density at radius 3 is 2.70 bits per heavy atom. The van der Waals surface area contributed by atoms with Crippen molar-refractivity contribution in [2.24, 2.45) is 14.1 Å². The number of benzene rings is 1. The SMILES string of the molecule is COCc1cc(Nc2c(-c3ccccc3)c(N3C=Cn4c(cc5c4=CCCC5)=C3)nn(C)c2=O)nn1C. The fourth-order valence-corrected chi connectivity index (χ4v) is 5.07. The fourth-order valence-electron chi connectivity index (χ4n) is 5.07. The van der Waals surface area contributed by atoms with E-state index in [-0.39, 0.29) is 5.56 Å². The van der Waals surface area contributed by atoms with Crippen molar-refractivity contribution in [2.45, 2.75) is 25.9 Å². The highest BCUT2D eigenvalue weighted by atomic mass is 16.5. The van der Waals surface area contributed by atoms with Gasteiger partial charge in [-0.3, -0.25) is 9.48 Å². The van der Waals surface area contributed by atoms with Gasteiger partial charge in [-0.2, -0.15) is 10.2 Å². The van der Waals surface area contributed by atoms with Crippen molar-refractivity contribution in [2.75, 3.05) is 17.3 Å². The first-order chi connectivity index (χ1) is 18.0. The summed E-state index contributed by atoms with van der Waals surface area (Å²) < 4.78 is 10.6. The van der Waals surface area contributed by atoms with Crippen LogP contribution in [0.1, 0.15) is 24.1 Å². The van der Waals surface area contributed by atoms with Crippen LogP contribution in [0.5, 0.6) is 0 Å². The third-order valence-corrected chi connectivity index (χ3v) is 6.88. The first-order valence-corrected chi connectivity index (χ1v) is 12.4. The second-order valence-electron chi connectivity index (χ2n) is 9.35. The number of anilines is 3. The molecule has 0 bridgehead atoms. The molecule has 0 fully saturated rings. The summed E-state index contributed by atoms with van der Waals surface area (Å²) in [5, 5.41) is 14.9. The Kier molecular flexibility index (Phi) is 5.77. The van der Waals surface area contributed by atoms with Gasteiger partial charge in [0.25, 0.3) is 5.56 Å². The molecule has 1 aliphatic carbocycles. The van der Waals surface area contributed by atoms with E-state index in [4.69, 9.17) is 9.84 Å². The number of fused-ring (bicyclic) bond motifs is 3. The Labute approximate surface area is 214 Å². The zero-order valence-electron chi connectivity index (χ0n) is 21.2. The number of rotatable bonds is 6. The van der Waals surface area contributed by atoms with Crippen molar-refractivity contribution in [3.05, 3.63) is 81.0 Å². The maximum Gasteiger partial charge on any atom is 0.291 e. The number of aromatic nitrogens is 5. The molecule has 0 atom stereocenters. The van der Waals surface area contributed by atoms with E-state index in [1.165, 1.54) is 22.0 Å². The molecular weight excluding hydrogens is 466 g/mol. The number of hydrogen-bond acceptors (Lipinski definition) is 6. The minimum atomic E-state index is -0.240. The predicted molar refractivity (Wildman–Crippen MR) is 145 cm³/mol. The monoisotopic (exact) mass is 495 g/mol. The Balaban J connectivity index is 1.53. The molecule has 3 aromatic heterocycles. The van der Waals surface area contributed by atoms with Crippen LogP contribution >= 0.6 is 0 Å². The van der Waals surface area contributed by atoms with Crippen LogP contribution < -0.4 is 26.5 Å². The van der Waals surface area contributed by atoms with E-state index in [9.17, 15) is 4.79 Å². The van der Waals surface area contributed by atoms with Crippen molar-refractivity contribution >= 4 is 35.8 Å². The smallest absolute Gasteiger partial charge is 0.291 e. The molecular formula is C28H29N7O2. The Morgan fingerprint density at radius 1 is 1.05 bits per heavy atom. The zero-order chi connectivity index (χ0) is 25.5. The van der Waals surface area contributed by atoms with Crippen molar-refractivity contribution in [3.8, 4) is 11.1 Å². The van der Waals surface area contributed by atoms with Gasteiger partial charge in [0.1, 0.15) is 5.69 Å². The number of methoxy groups -OCH3 is 1. The van der Waals surface area contributed by atoms with Gasteiger partial charge in [-0.1, -0.05) is 36.4 Å². The standard InChI is InChI=1S/C28H29N7O2/c1-32-22(18-37-3)16-24(30-32)29-26-25(19-9-5-4-6-10-19)27(31-33(2)28(26)36)34-13-14-35-21(17-34)15-20-11-7-8-12-23(20)35/h4-6,9-10,12-17H,7-8,11,18H2,1-3H3,(H,29,30). The molecule has 0 amide bonds. The van der Waals surface area contributed by atoms with E-state index < -0.39 is 0 Å². The summed E-state index contributed by atoms with van der Waals surface area (Å²) in [5.74, 6) is 1.21. The van der Waals surface area contributed by atoms with Gasteiger partial charge >= 0.3 is 0 Å². The van der Waals surface area contributed by atoms with Crippen LogP contribution in [0.2, 0.25) is 0 Å². The quantitative estimate of drug-likeness (QED) is 0.443. The van der Waals surface area contributed by atoms with E-state index in [1.807, 2.05) is 54.5 Å². The minimum absolute atomic E-state index is 0.240. The Hall–Kier alpha value is -4.37. The minimum Gasteiger partial charge on any atom is -0.378 e. The van der Waals surface area contributed by atoms with E-state index in [0.717, 1.165) is 29.4 Å². The lowest BCUT2D eigenvalue weighted by Crippen LogP contribution is -2.32. The number of nitrogens with one attached hydrogen (secondary N) is 1. The van der Waals surface area contributed by atoms with Gasteiger partial charge < -0.3 is 19.5 Å². The van der Waals surface area contributed by atoms with Crippen LogP contribution in [0.4, 0.5) is 17.3 Å². The lowest BCUT2D eigenvalue weighted by atomic mass is 10.0. The van der Waals surface area contributed by atoms with Gasteiger partial charge in [0, 0.05) is 51.2 Å². The van der Waals surface area contributed by atoms with Crippen molar-refractivity contribution in [1.29, 1.82) is 0 Å². The van der Waals surface area contributed by atoms with Gasteiger partial charge in [0.15, 0.2) is 11.6 Å². The molecule has 4 aromatic rings. The zero-order valence-corrected chi connectivity index (χ0v) is 21.2. The lowest BCUT2D eigenvalue weighted by molar-refractivity contribution is 0.178. The predicted octanol–water partition coefficient (Wildman–Crippen LogP) is 2.68. The van der Waals surface area contributed by atoms with E-state index in [0.29, 0.717) is 29.5 Å². The summed E-state index contributed by atoms with van der Waals surface area (Å²) in [6.07, 6.45) is 11.8. The summed E-state index contributed by atoms with van der Waals surface area (Å²) in [6, 6.07) is 14.0. The van der Waals surface area contributed by atoms with Gasteiger partial charge in [0.2, 0.25) is 0 Å². The number of aryl methyl sites for hydroxylation is 3. The fraction of sp³-hybridized carbons (Fsp3) is 0.250. The molecule has 188 valence electrons. The summed E-state index contributed by atoms with van der Waals surface area (Å²) in [5.41, 5.74) is 4.02. The van der Waals surface area contributed by atoms with E-state index in [1.54, 1.807) is 18.8 Å². The molecule has 1 N–H and O–H groups in total. The highest BCUT2D eigenvalue weighted by Gasteiger charge is 2.23. The highest BCUT2D eigenvalue weighted by Crippen LogP contribution is 2.35. The normalized spacial score (nSPS) is 14.1. The van der Waals surface area contributed by atoms with E-state index >= 15 is 0 Å². The molecule has 2 aliphatic rings. The van der Waals surface area contributed by atoms with Crippen molar-refractivity contribution in [3.63, 3.8) is 0 Å². The summed E-state index contributed by atoms with van der Waals surface area (Å²) in [6.45, 7) is 0.422. The number of ether oxygens (including phenoxy) is 1. The molecule has 0 radical (unpaired) electrons. The van der Waals surface area contributed by atoms with Gasteiger partial charge in [-0.15, -0.1) is 0 Å². The molecule has 1 aromatic carbocycles. The molecule has 4 heterocycles. The molecule has 9 heteroatoms. The largest absolute Gasteiger partial charge is 0.378 e. The van der Waals surface area contributed by atoms with E-state index in [2.05, 4.69) is 39.5 Å². The Bertz CT molecular complexity index is 1690. The van der Waals surface area contributed by atoms with Crippen LogP contribution in [0.3, 0.4) is 0 Å². The highest BCUT2D eigenvalue weighted by molar-refractivity contribution is 5.90. The molecule has 0 saturated carbocycles. The van der Waals surface area contributed by atoms with Crippen LogP contribution in [0, 0.1) is 0 Å². The summed E-state index contributed by atoms with van der Waals surface area (Å²) in [7, 11) is 5.17. The second-order valence-corrected chi connectivity index (χ2v) is 9.35. The van der Waals surface area contributed by atoms with Gasteiger partial charge in [0.05, 0.1) is 23.2 Å².